The minimum Gasteiger partial charge on any atom is -0.382 e. The molecule has 7 heteroatoms. The Labute approximate surface area is 149 Å². The lowest BCUT2D eigenvalue weighted by Crippen LogP contribution is -2.41. The molecular weight excluding hydrogens is 318 g/mol. The number of carbonyl (C=O) groups excluding carboxylic acids is 1. The summed E-state index contributed by atoms with van der Waals surface area (Å²) in [5.41, 5.74) is 8.35. The highest BCUT2D eigenvalue weighted by molar-refractivity contribution is 5.92. The summed E-state index contributed by atoms with van der Waals surface area (Å²) >= 11 is 0. The number of hydrogen-bond donors (Lipinski definition) is 4. The lowest BCUT2D eigenvalue weighted by molar-refractivity contribution is -0.118. The normalized spacial score (nSPS) is 25.5. The Kier molecular flexibility index (Phi) is 6.25. The van der Waals surface area contributed by atoms with Gasteiger partial charge in [0.2, 0.25) is 5.91 Å². The number of morpholine rings is 1. The molecule has 2 aliphatic rings. The van der Waals surface area contributed by atoms with Gasteiger partial charge in [-0.3, -0.25) is 20.5 Å². The van der Waals surface area contributed by atoms with E-state index in [0.29, 0.717) is 37.8 Å². The molecule has 0 saturated carbocycles. The fourth-order valence-electron chi connectivity index (χ4n) is 3.41. The lowest BCUT2D eigenvalue weighted by atomic mass is 9.95. The van der Waals surface area contributed by atoms with E-state index >= 15 is 0 Å². The van der Waals surface area contributed by atoms with Crippen LogP contribution in [0.5, 0.6) is 0 Å². The number of hydrazine groups is 1. The van der Waals surface area contributed by atoms with Crippen molar-refractivity contribution in [2.45, 2.75) is 25.9 Å². The van der Waals surface area contributed by atoms with Gasteiger partial charge < -0.3 is 15.4 Å². The van der Waals surface area contributed by atoms with Crippen LogP contribution in [-0.2, 0) is 9.53 Å². The van der Waals surface area contributed by atoms with Gasteiger partial charge in [0.05, 0.1) is 19.8 Å². The van der Waals surface area contributed by atoms with Gasteiger partial charge in [0.15, 0.2) is 0 Å². The van der Waals surface area contributed by atoms with E-state index in [4.69, 9.17) is 4.74 Å². The SMILES string of the molecule is CC1NNCC1C(C)Nc1ccc(NC(=O)CN2CCOCC2)cc1. The number of nitrogens with zero attached hydrogens (tertiary/aromatic N) is 1. The summed E-state index contributed by atoms with van der Waals surface area (Å²) in [6.07, 6.45) is 0. The van der Waals surface area contributed by atoms with Gasteiger partial charge >= 0.3 is 0 Å². The second kappa shape index (κ2) is 8.62. The lowest BCUT2D eigenvalue weighted by Gasteiger charge is -2.26. The molecule has 4 N–H and O–H groups in total. The molecule has 0 radical (unpaired) electrons. The molecule has 1 aromatic rings. The maximum absolute atomic E-state index is 12.1. The standard InChI is InChI=1S/C18H29N5O2/c1-13(17-11-19-22-14(17)2)20-15-3-5-16(6-4-15)21-18(24)12-23-7-9-25-10-8-23/h3-6,13-14,17,19-20,22H,7-12H2,1-2H3,(H,21,24). The van der Waals surface area contributed by atoms with Crippen molar-refractivity contribution < 1.29 is 9.53 Å². The van der Waals surface area contributed by atoms with E-state index in [1.54, 1.807) is 0 Å². The Balaban J connectivity index is 1.47. The summed E-state index contributed by atoms with van der Waals surface area (Å²) in [4.78, 5) is 14.2. The molecule has 7 nitrogen and oxygen atoms in total. The monoisotopic (exact) mass is 347 g/mol. The number of anilines is 2. The Morgan fingerprint density at radius 1 is 1.28 bits per heavy atom. The molecule has 138 valence electrons. The fraction of sp³-hybridized carbons (Fsp3) is 0.611. The zero-order valence-electron chi connectivity index (χ0n) is 15.0. The van der Waals surface area contributed by atoms with Crippen molar-refractivity contribution in [3.05, 3.63) is 24.3 Å². The minimum absolute atomic E-state index is 0.0212. The largest absolute Gasteiger partial charge is 0.382 e. The van der Waals surface area contributed by atoms with Crippen molar-refractivity contribution in [2.75, 3.05) is 50.0 Å². The van der Waals surface area contributed by atoms with Crippen LogP contribution in [0.1, 0.15) is 13.8 Å². The molecule has 3 unspecified atom stereocenters. The summed E-state index contributed by atoms with van der Waals surface area (Å²) < 4.78 is 5.30. The Bertz CT molecular complexity index is 559. The maximum Gasteiger partial charge on any atom is 0.238 e. The highest BCUT2D eigenvalue weighted by Crippen LogP contribution is 2.19. The molecule has 2 fully saturated rings. The van der Waals surface area contributed by atoms with Gasteiger partial charge in [-0.15, -0.1) is 0 Å². The predicted octanol–water partition coefficient (Wildman–Crippen LogP) is 0.870. The summed E-state index contributed by atoms with van der Waals surface area (Å²) in [5.74, 6) is 0.556. The number of ether oxygens (including phenoxy) is 1. The Morgan fingerprint density at radius 3 is 2.60 bits per heavy atom. The molecule has 3 rings (SSSR count). The fourth-order valence-corrected chi connectivity index (χ4v) is 3.41. The van der Waals surface area contributed by atoms with Gasteiger partial charge in [-0.25, -0.2) is 0 Å². The van der Waals surface area contributed by atoms with Crippen LogP contribution >= 0.6 is 0 Å². The molecule has 0 aliphatic carbocycles. The average molecular weight is 347 g/mol. The van der Waals surface area contributed by atoms with E-state index in [0.717, 1.165) is 31.0 Å². The molecule has 2 heterocycles. The molecule has 25 heavy (non-hydrogen) atoms. The Morgan fingerprint density at radius 2 is 1.96 bits per heavy atom. The molecule has 1 amide bonds. The van der Waals surface area contributed by atoms with Crippen LogP contribution in [0, 0.1) is 5.92 Å². The van der Waals surface area contributed by atoms with E-state index in [1.165, 1.54) is 0 Å². The summed E-state index contributed by atoms with van der Waals surface area (Å²) in [5, 5.41) is 6.51. The van der Waals surface area contributed by atoms with Crippen molar-refractivity contribution in [1.29, 1.82) is 0 Å². The molecular formula is C18H29N5O2. The predicted molar refractivity (Wildman–Crippen MR) is 99.5 cm³/mol. The molecule has 0 aromatic heterocycles. The Hall–Kier alpha value is -1.67. The second-order valence-corrected chi connectivity index (χ2v) is 6.92. The highest BCUT2D eigenvalue weighted by atomic mass is 16.5. The zero-order valence-corrected chi connectivity index (χ0v) is 15.0. The molecule has 2 saturated heterocycles. The van der Waals surface area contributed by atoms with Crippen LogP contribution in [0.3, 0.4) is 0 Å². The van der Waals surface area contributed by atoms with Crippen molar-refractivity contribution >= 4 is 17.3 Å². The smallest absolute Gasteiger partial charge is 0.238 e. The van der Waals surface area contributed by atoms with E-state index in [2.05, 4.69) is 40.2 Å². The summed E-state index contributed by atoms with van der Waals surface area (Å²) in [6, 6.07) is 8.73. The van der Waals surface area contributed by atoms with Crippen molar-refractivity contribution in [3.8, 4) is 0 Å². The van der Waals surface area contributed by atoms with Gasteiger partial charge in [0.25, 0.3) is 0 Å². The first kappa shape index (κ1) is 18.1. The van der Waals surface area contributed by atoms with Crippen molar-refractivity contribution in [3.63, 3.8) is 0 Å². The minimum atomic E-state index is 0.0212. The number of amides is 1. The first-order valence-corrected chi connectivity index (χ1v) is 9.07. The third-order valence-electron chi connectivity index (χ3n) is 4.99. The van der Waals surface area contributed by atoms with E-state index in [-0.39, 0.29) is 5.91 Å². The summed E-state index contributed by atoms with van der Waals surface area (Å²) in [7, 11) is 0. The first-order chi connectivity index (χ1) is 12.1. The number of carbonyl (C=O) groups is 1. The molecule has 3 atom stereocenters. The third-order valence-corrected chi connectivity index (χ3v) is 4.99. The molecule has 2 aliphatic heterocycles. The van der Waals surface area contributed by atoms with Crippen LogP contribution in [0.15, 0.2) is 24.3 Å². The molecule has 0 bridgehead atoms. The van der Waals surface area contributed by atoms with Crippen LogP contribution in [0.4, 0.5) is 11.4 Å². The van der Waals surface area contributed by atoms with Crippen LogP contribution in [0.2, 0.25) is 0 Å². The number of hydrogen-bond acceptors (Lipinski definition) is 6. The van der Waals surface area contributed by atoms with E-state index in [9.17, 15) is 4.79 Å². The van der Waals surface area contributed by atoms with Crippen LogP contribution in [-0.4, -0.2) is 62.3 Å². The number of rotatable bonds is 6. The summed E-state index contributed by atoms with van der Waals surface area (Å²) in [6.45, 7) is 8.82. The van der Waals surface area contributed by atoms with Gasteiger partial charge in [-0.2, -0.15) is 0 Å². The molecule has 0 spiro atoms. The molecule has 1 aromatic carbocycles. The first-order valence-electron chi connectivity index (χ1n) is 9.07. The van der Waals surface area contributed by atoms with E-state index < -0.39 is 0 Å². The van der Waals surface area contributed by atoms with Gasteiger partial charge in [-0.05, 0) is 38.1 Å². The number of benzene rings is 1. The highest BCUT2D eigenvalue weighted by Gasteiger charge is 2.27. The zero-order chi connectivity index (χ0) is 17.6. The van der Waals surface area contributed by atoms with Gasteiger partial charge in [0.1, 0.15) is 0 Å². The van der Waals surface area contributed by atoms with Crippen molar-refractivity contribution in [2.24, 2.45) is 5.92 Å². The topological polar surface area (TPSA) is 77.7 Å². The number of nitrogens with one attached hydrogen (secondary N) is 4. The maximum atomic E-state index is 12.1. The average Bonchev–Trinajstić information content (AvgIpc) is 3.03. The quantitative estimate of drug-likeness (QED) is 0.612. The van der Waals surface area contributed by atoms with Crippen LogP contribution < -0.4 is 21.5 Å². The van der Waals surface area contributed by atoms with Crippen LogP contribution in [0.25, 0.3) is 0 Å². The van der Waals surface area contributed by atoms with E-state index in [1.807, 2.05) is 24.3 Å². The van der Waals surface area contributed by atoms with Gasteiger partial charge in [-0.1, -0.05) is 0 Å². The van der Waals surface area contributed by atoms with Crippen molar-refractivity contribution in [1.82, 2.24) is 15.8 Å². The van der Waals surface area contributed by atoms with Gasteiger partial charge in [0, 0.05) is 49.0 Å². The second-order valence-electron chi connectivity index (χ2n) is 6.92. The third kappa shape index (κ3) is 5.15.